The second kappa shape index (κ2) is 5.83. The number of hydrogen-bond acceptors (Lipinski definition) is 2. The highest BCUT2D eigenvalue weighted by molar-refractivity contribution is 5.14. The van der Waals surface area contributed by atoms with Crippen molar-refractivity contribution in [3.05, 3.63) is 11.6 Å². The molecule has 94 valence electrons. The van der Waals surface area contributed by atoms with Crippen LogP contribution < -0.4 is 5.73 Å². The van der Waals surface area contributed by atoms with Gasteiger partial charge in [0.2, 0.25) is 0 Å². The molecular weight excluding hydrogens is 196 g/mol. The zero-order valence-electron chi connectivity index (χ0n) is 11.4. The number of hydrogen-bond donors (Lipinski definition) is 1. The van der Waals surface area contributed by atoms with Crippen LogP contribution in [0.4, 0.5) is 0 Å². The summed E-state index contributed by atoms with van der Waals surface area (Å²) in [6.07, 6.45) is 4.90. The summed E-state index contributed by atoms with van der Waals surface area (Å²) in [7, 11) is 0. The summed E-state index contributed by atoms with van der Waals surface area (Å²) in [6, 6.07) is 0. The monoisotopic (exact) mass is 224 g/mol. The van der Waals surface area contributed by atoms with Gasteiger partial charge >= 0.3 is 0 Å². The molecule has 0 saturated heterocycles. The van der Waals surface area contributed by atoms with E-state index in [9.17, 15) is 0 Å². The summed E-state index contributed by atoms with van der Waals surface area (Å²) in [5.74, 6) is 0.660. The molecule has 0 radical (unpaired) electrons. The Labute approximate surface area is 101 Å². The largest absolute Gasteiger partial charge is 0.330 e. The van der Waals surface area contributed by atoms with E-state index in [0.29, 0.717) is 11.3 Å². The highest BCUT2D eigenvalue weighted by Gasteiger charge is 2.21. The lowest BCUT2D eigenvalue weighted by molar-refractivity contribution is 0.261. The van der Waals surface area contributed by atoms with Crippen LogP contribution in [0.3, 0.4) is 0 Å². The van der Waals surface area contributed by atoms with Crippen LogP contribution in [0.1, 0.15) is 40.5 Å². The predicted molar refractivity (Wildman–Crippen MR) is 71.4 cm³/mol. The third-order valence-electron chi connectivity index (χ3n) is 3.60. The first kappa shape index (κ1) is 13.7. The Bertz CT molecular complexity index is 238. The standard InChI is InChI=1S/C14H28N2/c1-12(11-15)5-8-16-9-6-13(7-10-16)14(2,3)4/h6,12H,5,7-11,15H2,1-4H3. The van der Waals surface area contributed by atoms with E-state index in [0.717, 1.165) is 13.1 Å². The maximum atomic E-state index is 5.64. The lowest BCUT2D eigenvalue weighted by Crippen LogP contribution is -2.33. The maximum Gasteiger partial charge on any atom is 0.0166 e. The minimum Gasteiger partial charge on any atom is -0.330 e. The molecule has 0 amide bonds. The fourth-order valence-corrected chi connectivity index (χ4v) is 2.12. The van der Waals surface area contributed by atoms with Gasteiger partial charge in [-0.2, -0.15) is 0 Å². The molecule has 2 nitrogen and oxygen atoms in total. The fourth-order valence-electron chi connectivity index (χ4n) is 2.12. The molecular formula is C14H28N2. The van der Waals surface area contributed by atoms with Gasteiger partial charge in [0.15, 0.2) is 0 Å². The molecule has 0 spiro atoms. The molecule has 1 aliphatic rings. The average molecular weight is 224 g/mol. The lowest BCUT2D eigenvalue weighted by Gasteiger charge is -2.32. The van der Waals surface area contributed by atoms with E-state index in [4.69, 9.17) is 5.73 Å². The van der Waals surface area contributed by atoms with Crippen molar-refractivity contribution in [3.8, 4) is 0 Å². The van der Waals surface area contributed by atoms with Gasteiger partial charge in [-0.05, 0) is 37.3 Å². The third-order valence-corrected chi connectivity index (χ3v) is 3.60. The topological polar surface area (TPSA) is 29.3 Å². The van der Waals surface area contributed by atoms with Gasteiger partial charge in [-0.3, -0.25) is 4.90 Å². The van der Waals surface area contributed by atoms with Crippen molar-refractivity contribution in [1.29, 1.82) is 0 Å². The molecule has 0 aliphatic carbocycles. The molecule has 16 heavy (non-hydrogen) atoms. The SMILES string of the molecule is CC(CN)CCN1CC=C(C(C)(C)C)CC1. The second-order valence-corrected chi connectivity index (χ2v) is 6.16. The van der Waals surface area contributed by atoms with Crippen molar-refractivity contribution in [2.45, 2.75) is 40.5 Å². The van der Waals surface area contributed by atoms with Crippen molar-refractivity contribution >= 4 is 0 Å². The smallest absolute Gasteiger partial charge is 0.0166 e. The summed E-state index contributed by atoms with van der Waals surface area (Å²) in [6.45, 7) is 13.5. The van der Waals surface area contributed by atoms with E-state index in [2.05, 4.69) is 38.7 Å². The molecule has 0 bridgehead atoms. The number of rotatable bonds is 4. The molecule has 1 unspecified atom stereocenters. The average Bonchev–Trinajstić information content (AvgIpc) is 2.25. The van der Waals surface area contributed by atoms with Crippen molar-refractivity contribution in [2.24, 2.45) is 17.1 Å². The van der Waals surface area contributed by atoms with Crippen LogP contribution in [-0.4, -0.2) is 31.1 Å². The molecule has 2 heteroatoms. The van der Waals surface area contributed by atoms with E-state index in [1.165, 1.54) is 25.9 Å². The van der Waals surface area contributed by atoms with Gasteiger partial charge in [0, 0.05) is 13.1 Å². The quantitative estimate of drug-likeness (QED) is 0.744. The highest BCUT2D eigenvalue weighted by atomic mass is 15.1. The van der Waals surface area contributed by atoms with Crippen molar-refractivity contribution in [1.82, 2.24) is 4.90 Å². The summed E-state index contributed by atoms with van der Waals surface area (Å²) in [5, 5.41) is 0. The van der Waals surface area contributed by atoms with Gasteiger partial charge in [-0.15, -0.1) is 0 Å². The van der Waals surface area contributed by atoms with Gasteiger partial charge < -0.3 is 5.73 Å². The zero-order chi connectivity index (χ0) is 12.2. The number of nitrogens with zero attached hydrogens (tertiary/aromatic N) is 1. The van der Waals surface area contributed by atoms with Crippen LogP contribution in [0, 0.1) is 11.3 Å². The Hall–Kier alpha value is -0.340. The maximum absolute atomic E-state index is 5.64. The van der Waals surface area contributed by atoms with E-state index in [1.807, 2.05) is 0 Å². The van der Waals surface area contributed by atoms with Crippen LogP contribution in [0.25, 0.3) is 0 Å². The van der Waals surface area contributed by atoms with Gasteiger partial charge in [0.25, 0.3) is 0 Å². The van der Waals surface area contributed by atoms with Crippen molar-refractivity contribution in [3.63, 3.8) is 0 Å². The normalized spacial score (nSPS) is 20.7. The van der Waals surface area contributed by atoms with Crippen LogP contribution in [0.5, 0.6) is 0 Å². The van der Waals surface area contributed by atoms with Crippen molar-refractivity contribution < 1.29 is 0 Å². The van der Waals surface area contributed by atoms with E-state index >= 15 is 0 Å². The predicted octanol–water partition coefficient (Wildman–Crippen LogP) is 2.65. The summed E-state index contributed by atoms with van der Waals surface area (Å²) in [5.41, 5.74) is 7.62. The van der Waals surface area contributed by atoms with Gasteiger partial charge in [-0.1, -0.05) is 39.3 Å². The molecule has 1 atom stereocenters. The molecule has 0 aromatic rings. The van der Waals surface area contributed by atoms with Crippen LogP contribution in [-0.2, 0) is 0 Å². The Morgan fingerprint density at radius 3 is 2.56 bits per heavy atom. The van der Waals surface area contributed by atoms with Crippen LogP contribution in [0.2, 0.25) is 0 Å². The summed E-state index contributed by atoms with van der Waals surface area (Å²) < 4.78 is 0. The molecule has 2 N–H and O–H groups in total. The first-order chi connectivity index (χ1) is 7.43. The highest BCUT2D eigenvalue weighted by Crippen LogP contribution is 2.30. The Balaban J connectivity index is 2.34. The molecule has 0 fully saturated rings. The molecule has 1 heterocycles. The van der Waals surface area contributed by atoms with Crippen LogP contribution >= 0.6 is 0 Å². The Morgan fingerprint density at radius 2 is 2.12 bits per heavy atom. The van der Waals surface area contributed by atoms with Gasteiger partial charge in [-0.25, -0.2) is 0 Å². The first-order valence-corrected chi connectivity index (χ1v) is 6.55. The molecule has 0 aromatic heterocycles. The molecule has 0 saturated carbocycles. The second-order valence-electron chi connectivity index (χ2n) is 6.16. The lowest BCUT2D eigenvalue weighted by atomic mass is 9.83. The summed E-state index contributed by atoms with van der Waals surface area (Å²) in [4.78, 5) is 2.54. The van der Waals surface area contributed by atoms with Crippen LogP contribution in [0.15, 0.2) is 11.6 Å². The first-order valence-electron chi connectivity index (χ1n) is 6.55. The Morgan fingerprint density at radius 1 is 1.44 bits per heavy atom. The molecule has 1 aliphatic heterocycles. The fraction of sp³-hybridized carbons (Fsp3) is 0.857. The van der Waals surface area contributed by atoms with E-state index in [1.54, 1.807) is 5.57 Å². The molecule has 1 rings (SSSR count). The zero-order valence-corrected chi connectivity index (χ0v) is 11.4. The molecule has 0 aromatic carbocycles. The van der Waals surface area contributed by atoms with E-state index in [-0.39, 0.29) is 0 Å². The third kappa shape index (κ3) is 4.26. The van der Waals surface area contributed by atoms with E-state index < -0.39 is 0 Å². The number of nitrogens with two attached hydrogens (primary N) is 1. The van der Waals surface area contributed by atoms with Gasteiger partial charge in [0.05, 0.1) is 0 Å². The minimum atomic E-state index is 0.358. The Kier molecular flexibility index (Phi) is 5.00. The summed E-state index contributed by atoms with van der Waals surface area (Å²) >= 11 is 0. The van der Waals surface area contributed by atoms with Crippen molar-refractivity contribution in [2.75, 3.05) is 26.2 Å². The minimum absolute atomic E-state index is 0.358. The van der Waals surface area contributed by atoms with Gasteiger partial charge in [0.1, 0.15) is 0 Å².